The van der Waals surface area contributed by atoms with Crippen molar-refractivity contribution in [2.75, 3.05) is 20.2 Å². The first-order chi connectivity index (χ1) is 13.8. The largest absolute Gasteiger partial charge is 0.464 e. The topological polar surface area (TPSA) is 68.6 Å². The Labute approximate surface area is 174 Å². The normalized spacial score (nSPS) is 14.2. The average Bonchev–Trinajstić information content (AvgIpc) is 3.30. The van der Waals surface area contributed by atoms with Crippen LogP contribution in [0.25, 0.3) is 0 Å². The minimum atomic E-state index is -0.440. The van der Waals surface area contributed by atoms with Crippen LogP contribution in [0.5, 0.6) is 0 Å². The number of ether oxygens (including phenoxy) is 1. The third-order valence-electron chi connectivity index (χ3n) is 6.16. The molecule has 1 aliphatic carbocycles. The number of esters is 1. The number of amides is 1. The Hall–Kier alpha value is -2.11. The van der Waals surface area contributed by atoms with Gasteiger partial charge < -0.3 is 14.2 Å². The number of hydrogen-bond donors (Lipinski definition) is 0. The number of carbonyl (C=O) groups excluding carboxylic acids is 3. The van der Waals surface area contributed by atoms with E-state index in [1.165, 1.54) is 32.8 Å². The van der Waals surface area contributed by atoms with Gasteiger partial charge >= 0.3 is 5.97 Å². The van der Waals surface area contributed by atoms with Crippen LogP contribution in [-0.4, -0.2) is 47.3 Å². The van der Waals surface area contributed by atoms with Crippen molar-refractivity contribution in [1.82, 2.24) is 9.47 Å². The zero-order valence-corrected chi connectivity index (χ0v) is 18.7. The minimum absolute atomic E-state index is 0.0607. The molecule has 0 N–H and O–H groups in total. The Morgan fingerprint density at radius 1 is 1.14 bits per heavy atom. The molecule has 0 aromatic carbocycles. The summed E-state index contributed by atoms with van der Waals surface area (Å²) in [5, 5.41) is 0. The fraction of sp³-hybridized carbons (Fsp3) is 0.696. The molecule has 1 saturated carbocycles. The van der Waals surface area contributed by atoms with E-state index >= 15 is 0 Å². The highest BCUT2D eigenvalue weighted by atomic mass is 16.5. The number of hydrogen-bond acceptors (Lipinski definition) is 4. The molecule has 1 aromatic heterocycles. The standard InChI is InChI=1S/C23H36N2O4/c1-6-14-24(20(27)13-12-18-10-8-9-11-18)15-19(26)21-16(3)22(23(28)29-5)25(7-2)17(21)4/h18H,6-15H2,1-5H3. The zero-order chi connectivity index (χ0) is 21.6. The second-order valence-electron chi connectivity index (χ2n) is 8.10. The Morgan fingerprint density at radius 2 is 1.79 bits per heavy atom. The molecule has 1 amide bonds. The van der Waals surface area contributed by atoms with Gasteiger partial charge in [0.1, 0.15) is 5.69 Å². The molecular formula is C23H36N2O4. The van der Waals surface area contributed by atoms with Crippen molar-refractivity contribution < 1.29 is 19.1 Å². The van der Waals surface area contributed by atoms with E-state index in [0.717, 1.165) is 18.5 Å². The molecule has 1 heterocycles. The van der Waals surface area contributed by atoms with Crippen LogP contribution in [0, 0.1) is 19.8 Å². The minimum Gasteiger partial charge on any atom is -0.464 e. The third kappa shape index (κ3) is 5.28. The molecule has 0 saturated heterocycles. The molecule has 6 heteroatoms. The predicted molar refractivity (Wildman–Crippen MR) is 113 cm³/mol. The Morgan fingerprint density at radius 3 is 2.34 bits per heavy atom. The van der Waals surface area contributed by atoms with E-state index in [9.17, 15) is 14.4 Å². The van der Waals surface area contributed by atoms with Gasteiger partial charge in [-0.3, -0.25) is 9.59 Å². The smallest absolute Gasteiger partial charge is 0.354 e. The summed E-state index contributed by atoms with van der Waals surface area (Å²) in [6, 6.07) is 0. The maximum absolute atomic E-state index is 13.2. The quantitative estimate of drug-likeness (QED) is 0.431. The molecule has 1 aliphatic rings. The van der Waals surface area contributed by atoms with E-state index in [1.807, 2.05) is 25.3 Å². The molecule has 0 radical (unpaired) electrons. The molecule has 6 nitrogen and oxygen atoms in total. The first kappa shape index (κ1) is 23.2. The van der Waals surface area contributed by atoms with Crippen LogP contribution in [0.15, 0.2) is 0 Å². The second-order valence-corrected chi connectivity index (χ2v) is 8.10. The Kier molecular flexibility index (Phi) is 8.47. The Balaban J connectivity index is 2.17. The summed E-state index contributed by atoms with van der Waals surface area (Å²) in [6.07, 6.45) is 7.22. The molecular weight excluding hydrogens is 368 g/mol. The summed E-state index contributed by atoms with van der Waals surface area (Å²) in [7, 11) is 1.34. The molecule has 1 fully saturated rings. The predicted octanol–water partition coefficient (Wildman–Crippen LogP) is 4.30. The highest BCUT2D eigenvalue weighted by molar-refractivity contribution is 6.04. The second kappa shape index (κ2) is 10.6. The van der Waals surface area contributed by atoms with Gasteiger partial charge in [-0.05, 0) is 45.1 Å². The lowest BCUT2D eigenvalue weighted by atomic mass is 10.0. The van der Waals surface area contributed by atoms with Gasteiger partial charge in [-0.25, -0.2) is 4.79 Å². The fourth-order valence-corrected chi connectivity index (χ4v) is 4.66. The summed E-state index contributed by atoms with van der Waals surface area (Å²) < 4.78 is 6.73. The van der Waals surface area contributed by atoms with Crippen LogP contribution in [0.4, 0.5) is 0 Å². The van der Waals surface area contributed by atoms with E-state index in [4.69, 9.17) is 4.74 Å². The molecule has 0 spiro atoms. The molecule has 0 aliphatic heterocycles. The van der Waals surface area contributed by atoms with Gasteiger partial charge in [0.15, 0.2) is 5.78 Å². The van der Waals surface area contributed by atoms with Gasteiger partial charge in [0, 0.05) is 30.8 Å². The third-order valence-corrected chi connectivity index (χ3v) is 6.16. The average molecular weight is 405 g/mol. The fourth-order valence-electron chi connectivity index (χ4n) is 4.66. The SMILES string of the molecule is CCCN(CC(=O)c1c(C)c(C(=O)OC)n(CC)c1C)C(=O)CCC1CCCC1. The van der Waals surface area contributed by atoms with E-state index in [0.29, 0.717) is 42.2 Å². The number of rotatable bonds is 10. The number of aromatic nitrogens is 1. The Bertz CT molecular complexity index is 745. The van der Waals surface area contributed by atoms with Crippen molar-refractivity contribution in [1.29, 1.82) is 0 Å². The van der Waals surface area contributed by atoms with Crippen molar-refractivity contribution in [2.24, 2.45) is 5.92 Å². The van der Waals surface area contributed by atoms with Gasteiger partial charge in [-0.15, -0.1) is 0 Å². The van der Waals surface area contributed by atoms with Gasteiger partial charge in [0.25, 0.3) is 0 Å². The van der Waals surface area contributed by atoms with E-state index in [1.54, 1.807) is 11.8 Å². The summed E-state index contributed by atoms with van der Waals surface area (Å²) in [6.45, 7) is 8.79. The molecule has 29 heavy (non-hydrogen) atoms. The molecule has 162 valence electrons. The van der Waals surface area contributed by atoms with Crippen molar-refractivity contribution >= 4 is 17.7 Å². The number of methoxy groups -OCH3 is 1. The maximum atomic E-state index is 13.2. The summed E-state index contributed by atoms with van der Waals surface area (Å²) in [5.74, 6) is 0.166. The van der Waals surface area contributed by atoms with E-state index in [-0.39, 0.29) is 18.2 Å². The number of nitrogens with zero attached hydrogens (tertiary/aromatic N) is 2. The molecule has 0 atom stereocenters. The monoisotopic (exact) mass is 404 g/mol. The molecule has 1 aromatic rings. The summed E-state index contributed by atoms with van der Waals surface area (Å²) in [4.78, 5) is 39.9. The summed E-state index contributed by atoms with van der Waals surface area (Å²) >= 11 is 0. The maximum Gasteiger partial charge on any atom is 0.354 e. The van der Waals surface area contributed by atoms with Gasteiger partial charge in [0.2, 0.25) is 5.91 Å². The summed E-state index contributed by atoms with van der Waals surface area (Å²) in [5.41, 5.74) is 2.35. The van der Waals surface area contributed by atoms with Gasteiger partial charge in [-0.1, -0.05) is 32.6 Å². The lowest BCUT2D eigenvalue weighted by molar-refractivity contribution is -0.131. The molecule has 2 rings (SSSR count). The number of Topliss-reactive ketones (excluding diaryl/α,β-unsaturated/α-hetero) is 1. The van der Waals surface area contributed by atoms with Crippen molar-refractivity contribution in [3.63, 3.8) is 0 Å². The highest BCUT2D eigenvalue weighted by Crippen LogP contribution is 2.29. The first-order valence-corrected chi connectivity index (χ1v) is 10.9. The number of carbonyl (C=O) groups is 3. The van der Waals surface area contributed by atoms with Crippen LogP contribution >= 0.6 is 0 Å². The first-order valence-electron chi connectivity index (χ1n) is 10.9. The highest BCUT2D eigenvalue weighted by Gasteiger charge is 2.28. The van der Waals surface area contributed by atoms with E-state index < -0.39 is 5.97 Å². The van der Waals surface area contributed by atoms with Gasteiger partial charge in [-0.2, -0.15) is 0 Å². The van der Waals surface area contributed by atoms with Crippen molar-refractivity contribution in [3.05, 3.63) is 22.5 Å². The number of ketones is 1. The van der Waals surface area contributed by atoms with Crippen molar-refractivity contribution in [2.45, 2.75) is 79.2 Å². The van der Waals surface area contributed by atoms with E-state index in [2.05, 4.69) is 0 Å². The van der Waals surface area contributed by atoms with Crippen LogP contribution in [0.1, 0.15) is 90.9 Å². The zero-order valence-electron chi connectivity index (χ0n) is 18.7. The van der Waals surface area contributed by atoms with Gasteiger partial charge in [0.05, 0.1) is 13.7 Å². The van der Waals surface area contributed by atoms with Crippen LogP contribution in [0.3, 0.4) is 0 Å². The lowest BCUT2D eigenvalue weighted by Gasteiger charge is -2.22. The molecule has 0 unspecified atom stereocenters. The lowest BCUT2D eigenvalue weighted by Crippen LogP contribution is -2.36. The van der Waals surface area contributed by atoms with Crippen LogP contribution < -0.4 is 0 Å². The molecule has 0 bridgehead atoms. The van der Waals surface area contributed by atoms with Crippen LogP contribution in [-0.2, 0) is 16.1 Å². The van der Waals surface area contributed by atoms with Crippen molar-refractivity contribution in [3.8, 4) is 0 Å². The van der Waals surface area contributed by atoms with Crippen LogP contribution in [0.2, 0.25) is 0 Å².